The fraction of sp³-hybridized carbons (Fsp3) is 0.860. The van der Waals surface area contributed by atoms with Crippen molar-refractivity contribution < 1.29 is 38.7 Å². The van der Waals surface area contributed by atoms with Crippen molar-refractivity contribution in [3.05, 3.63) is 34.4 Å². The van der Waals surface area contributed by atoms with Crippen LogP contribution in [0.15, 0.2) is 12.1 Å². The molecule has 2 saturated heterocycles. The van der Waals surface area contributed by atoms with Crippen LogP contribution in [0.4, 0.5) is 0 Å². The Morgan fingerprint density at radius 1 is 0.638 bits per heavy atom. The number of aryl methyl sites for hydroxylation is 1. The van der Waals surface area contributed by atoms with Crippen LogP contribution in [-0.4, -0.2) is 68.4 Å². The van der Waals surface area contributed by atoms with Gasteiger partial charge in [0.25, 0.3) is 0 Å². The van der Waals surface area contributed by atoms with E-state index in [1.165, 1.54) is 89.9 Å². The van der Waals surface area contributed by atoms with Gasteiger partial charge in [0.2, 0.25) is 0 Å². The van der Waals surface area contributed by atoms with Crippen molar-refractivity contribution in [2.75, 3.05) is 39.6 Å². The van der Waals surface area contributed by atoms with Crippen LogP contribution in [0.25, 0.3) is 0 Å². The Kier molecular flexibility index (Phi) is 20.7. The van der Waals surface area contributed by atoms with Crippen LogP contribution in [0.5, 0.6) is 0 Å². The van der Waals surface area contributed by atoms with Gasteiger partial charge in [-0.25, -0.2) is 0 Å². The molecule has 2 fully saturated rings. The molecule has 1 aromatic carbocycles. The van der Waals surface area contributed by atoms with Gasteiger partial charge in [-0.1, -0.05) is 185 Å². The van der Waals surface area contributed by atoms with Crippen LogP contribution in [0.2, 0.25) is 0 Å². The van der Waals surface area contributed by atoms with Gasteiger partial charge in [0.15, 0.2) is 12.6 Å². The molecule has 0 bridgehead atoms. The maximum Gasteiger partial charge on any atom is 0.306 e. The van der Waals surface area contributed by atoms with Crippen LogP contribution >= 0.6 is 0 Å². The largest absolute Gasteiger partial charge is 0.466 e. The van der Waals surface area contributed by atoms with Crippen molar-refractivity contribution >= 4 is 5.97 Å². The number of hydrogen-bond donors (Lipinski definition) is 2. The van der Waals surface area contributed by atoms with Crippen molar-refractivity contribution in [3.8, 4) is 0 Å². The molecule has 2 N–H and O–H groups in total. The number of carbonyl (C=O) groups excluding carboxylic acids is 1. The van der Waals surface area contributed by atoms with Gasteiger partial charge in [0.1, 0.15) is 0 Å². The second-order valence-corrected chi connectivity index (χ2v) is 21.4. The Balaban J connectivity index is 1.62. The van der Waals surface area contributed by atoms with Gasteiger partial charge < -0.3 is 33.9 Å². The highest BCUT2D eigenvalue weighted by molar-refractivity contribution is 5.69. The topological polar surface area (TPSA) is 104 Å². The lowest BCUT2D eigenvalue weighted by Gasteiger charge is -2.53. The third-order valence-corrected chi connectivity index (χ3v) is 12.5. The van der Waals surface area contributed by atoms with E-state index in [1.54, 1.807) is 0 Å². The number of ether oxygens (including phenoxy) is 5. The summed E-state index contributed by atoms with van der Waals surface area (Å²) in [4.78, 5) is 13.0. The zero-order valence-electron chi connectivity index (χ0n) is 39.2. The number of esters is 1. The number of aliphatic hydroxyl groups is 2. The predicted molar refractivity (Wildman–Crippen MR) is 236 cm³/mol. The van der Waals surface area contributed by atoms with Gasteiger partial charge in [-0.3, -0.25) is 4.79 Å². The van der Waals surface area contributed by atoms with E-state index in [-0.39, 0.29) is 30.0 Å². The summed E-state index contributed by atoms with van der Waals surface area (Å²) in [5, 5.41) is 20.4. The molecule has 8 heteroatoms. The zero-order valence-corrected chi connectivity index (χ0v) is 39.2. The van der Waals surface area contributed by atoms with Gasteiger partial charge in [-0.2, -0.15) is 0 Å². The van der Waals surface area contributed by atoms with E-state index < -0.39 is 34.9 Å². The molecule has 0 aromatic heterocycles. The van der Waals surface area contributed by atoms with Crippen LogP contribution in [0, 0.1) is 16.2 Å². The average Bonchev–Trinajstić information content (AvgIpc) is 3.17. The van der Waals surface area contributed by atoms with E-state index in [0.29, 0.717) is 39.3 Å². The molecule has 1 spiro atoms. The van der Waals surface area contributed by atoms with E-state index in [1.807, 2.05) is 27.7 Å². The van der Waals surface area contributed by atoms with E-state index in [4.69, 9.17) is 23.7 Å². The maximum atomic E-state index is 13.0. The van der Waals surface area contributed by atoms with E-state index in [9.17, 15) is 15.0 Å². The van der Waals surface area contributed by atoms with Gasteiger partial charge >= 0.3 is 5.97 Å². The Labute approximate surface area is 355 Å². The maximum absolute atomic E-state index is 13.0. The summed E-state index contributed by atoms with van der Waals surface area (Å²) in [5.41, 5.74) is 2.11. The minimum Gasteiger partial charge on any atom is -0.466 e. The van der Waals surface area contributed by atoms with E-state index >= 15 is 0 Å². The van der Waals surface area contributed by atoms with Crippen molar-refractivity contribution in [3.63, 3.8) is 0 Å². The number of benzene rings is 1. The molecule has 2 unspecified atom stereocenters. The molecular weight excluding hydrogens is 729 g/mol. The fourth-order valence-corrected chi connectivity index (χ4v) is 8.35. The van der Waals surface area contributed by atoms with Gasteiger partial charge in [-0.05, 0) is 45.9 Å². The molecule has 2 atom stereocenters. The second kappa shape index (κ2) is 23.6. The molecule has 58 heavy (non-hydrogen) atoms. The molecule has 1 aromatic rings. The first-order valence-corrected chi connectivity index (χ1v) is 23.4. The van der Waals surface area contributed by atoms with Crippen molar-refractivity contribution in [1.82, 2.24) is 0 Å². The number of rotatable bonds is 25. The molecule has 0 saturated carbocycles. The molecule has 2 heterocycles. The average molecular weight is 817 g/mol. The van der Waals surface area contributed by atoms with E-state index in [0.717, 1.165) is 35.1 Å². The highest BCUT2D eigenvalue weighted by Crippen LogP contribution is 2.53. The Hall–Kier alpha value is -1.55. The first kappa shape index (κ1) is 50.8. The summed E-state index contributed by atoms with van der Waals surface area (Å²) in [5.74, 6) is -0.141. The number of hydrogen-bond acceptors (Lipinski definition) is 8. The van der Waals surface area contributed by atoms with Gasteiger partial charge in [0, 0.05) is 17.3 Å². The smallest absolute Gasteiger partial charge is 0.306 e. The molecule has 336 valence electrons. The molecular formula is C50H88O8. The normalized spacial score (nSPS) is 22.1. The third-order valence-electron chi connectivity index (χ3n) is 12.5. The Morgan fingerprint density at radius 3 is 1.45 bits per heavy atom. The minimum atomic E-state index is -0.665. The molecule has 8 nitrogen and oxygen atoms in total. The molecule has 0 aliphatic carbocycles. The third kappa shape index (κ3) is 15.4. The number of unbranched alkanes of at least 4 members (excludes halogenated alkanes) is 15. The summed E-state index contributed by atoms with van der Waals surface area (Å²) < 4.78 is 32.0. The first-order valence-electron chi connectivity index (χ1n) is 23.4. The molecule has 0 radical (unpaired) electrons. The molecule has 2 aliphatic rings. The standard InChI is InChI=1S/C50H88O8/c1-12-13-14-15-16-17-18-19-20-21-22-23-24-25-26-27-30-54-41(53)29-28-38-31-39(46(2,3)4)42(40(32-38)47(5,6)7)43-50(37-57-45(58-43)49(10,11)34-52)35-55-44(56-36-50)48(8,9)33-51/h31-32,43-45,51-52H,12-30,33-37H2,1-11H3. The first-order chi connectivity index (χ1) is 27.3. The number of carbonyl (C=O) groups is 1. The molecule has 0 amide bonds. The van der Waals surface area contributed by atoms with Crippen molar-refractivity contribution in [2.24, 2.45) is 16.2 Å². The highest BCUT2D eigenvalue weighted by Gasteiger charge is 2.55. The molecule has 2 aliphatic heterocycles. The summed E-state index contributed by atoms with van der Waals surface area (Å²) in [6.07, 6.45) is 20.4. The monoisotopic (exact) mass is 817 g/mol. The van der Waals surface area contributed by atoms with E-state index in [2.05, 4.69) is 60.6 Å². The summed E-state index contributed by atoms with van der Waals surface area (Å²) in [6.45, 7) is 24.7. The summed E-state index contributed by atoms with van der Waals surface area (Å²) in [6, 6.07) is 4.52. The Bertz CT molecular complexity index is 1290. The summed E-state index contributed by atoms with van der Waals surface area (Å²) in [7, 11) is 0. The zero-order chi connectivity index (χ0) is 43.0. The lowest BCUT2D eigenvalue weighted by molar-refractivity contribution is -0.362. The van der Waals surface area contributed by atoms with Gasteiger partial charge in [-0.15, -0.1) is 0 Å². The number of aliphatic hydroxyl groups excluding tert-OH is 2. The quantitative estimate of drug-likeness (QED) is 0.0743. The minimum absolute atomic E-state index is 0.0647. The lowest BCUT2D eigenvalue weighted by Crippen LogP contribution is -2.58. The van der Waals surface area contributed by atoms with Crippen LogP contribution in [0.3, 0.4) is 0 Å². The van der Waals surface area contributed by atoms with Crippen LogP contribution in [0.1, 0.15) is 214 Å². The van der Waals surface area contributed by atoms with Gasteiger partial charge in [0.05, 0.1) is 51.2 Å². The van der Waals surface area contributed by atoms with Crippen molar-refractivity contribution in [2.45, 2.75) is 221 Å². The lowest BCUT2D eigenvalue weighted by atomic mass is 9.68. The second-order valence-electron chi connectivity index (χ2n) is 21.4. The van der Waals surface area contributed by atoms with Crippen LogP contribution < -0.4 is 0 Å². The predicted octanol–water partition coefficient (Wildman–Crippen LogP) is 11.8. The van der Waals surface area contributed by atoms with Crippen LogP contribution in [-0.2, 0) is 45.7 Å². The highest BCUT2D eigenvalue weighted by atomic mass is 16.7. The SMILES string of the molecule is CCCCCCCCCCCCCCCCCCOC(=O)CCc1cc(C(C)(C)C)c(C2OC(C(C)(C)CO)OCC23COC(C(C)(C)CO)OC3)c(C(C)(C)C)c1. The fourth-order valence-electron chi connectivity index (χ4n) is 8.35. The Morgan fingerprint density at radius 2 is 1.03 bits per heavy atom. The van der Waals surface area contributed by atoms with Crippen molar-refractivity contribution in [1.29, 1.82) is 0 Å². The molecule has 3 rings (SSSR count). The summed E-state index contributed by atoms with van der Waals surface area (Å²) >= 11 is 0.